The average Bonchev–Trinajstić information content (AvgIpc) is 2.48. The van der Waals surface area contributed by atoms with Gasteiger partial charge in [-0.25, -0.2) is 4.39 Å². The molecule has 114 valence electrons. The van der Waals surface area contributed by atoms with Crippen molar-refractivity contribution >= 4 is 0 Å². The lowest BCUT2D eigenvalue weighted by molar-refractivity contribution is 0.0958. The maximum absolute atomic E-state index is 14.3. The Hall–Kier alpha value is -1.13. The molecule has 0 spiro atoms. The van der Waals surface area contributed by atoms with E-state index in [4.69, 9.17) is 10.5 Å². The SMILES string of the molecule is CCCN(Cc1cccc(OC)c1F)C(C)(CC)CN. The average molecular weight is 282 g/mol. The molecular formula is C16H27FN2O. The number of nitrogens with zero attached hydrogens (tertiary/aromatic N) is 1. The Balaban J connectivity index is 3.02. The Morgan fingerprint density at radius 3 is 2.55 bits per heavy atom. The molecule has 0 amide bonds. The smallest absolute Gasteiger partial charge is 0.169 e. The Labute approximate surface area is 121 Å². The lowest BCUT2D eigenvalue weighted by Crippen LogP contribution is -2.51. The Kier molecular flexibility index (Phi) is 6.43. The summed E-state index contributed by atoms with van der Waals surface area (Å²) >= 11 is 0. The molecule has 0 aliphatic heterocycles. The fourth-order valence-electron chi connectivity index (χ4n) is 2.35. The van der Waals surface area contributed by atoms with Gasteiger partial charge in [0.25, 0.3) is 0 Å². The molecule has 0 radical (unpaired) electrons. The van der Waals surface area contributed by atoms with Crippen LogP contribution in [0.25, 0.3) is 0 Å². The summed E-state index contributed by atoms with van der Waals surface area (Å²) in [5, 5.41) is 0. The summed E-state index contributed by atoms with van der Waals surface area (Å²) in [7, 11) is 1.49. The van der Waals surface area contributed by atoms with Crippen molar-refractivity contribution in [1.82, 2.24) is 4.90 Å². The number of methoxy groups -OCH3 is 1. The predicted molar refractivity (Wildman–Crippen MR) is 81.4 cm³/mol. The van der Waals surface area contributed by atoms with E-state index in [2.05, 4.69) is 25.7 Å². The van der Waals surface area contributed by atoms with Gasteiger partial charge in [-0.05, 0) is 32.4 Å². The van der Waals surface area contributed by atoms with Crippen LogP contribution in [0.2, 0.25) is 0 Å². The largest absolute Gasteiger partial charge is 0.494 e. The van der Waals surface area contributed by atoms with Crippen molar-refractivity contribution < 1.29 is 9.13 Å². The number of nitrogens with two attached hydrogens (primary N) is 1. The molecular weight excluding hydrogens is 255 g/mol. The van der Waals surface area contributed by atoms with Crippen molar-refractivity contribution in [3.63, 3.8) is 0 Å². The van der Waals surface area contributed by atoms with Gasteiger partial charge in [-0.3, -0.25) is 4.90 Å². The van der Waals surface area contributed by atoms with Crippen LogP contribution in [0.4, 0.5) is 4.39 Å². The number of halogens is 1. The fourth-order valence-corrected chi connectivity index (χ4v) is 2.35. The first kappa shape index (κ1) is 16.9. The van der Waals surface area contributed by atoms with Crippen molar-refractivity contribution in [2.24, 2.45) is 5.73 Å². The van der Waals surface area contributed by atoms with Crippen LogP contribution < -0.4 is 10.5 Å². The van der Waals surface area contributed by atoms with Crippen molar-refractivity contribution in [2.45, 2.75) is 45.7 Å². The summed E-state index contributed by atoms with van der Waals surface area (Å²) in [6, 6.07) is 5.28. The zero-order chi connectivity index (χ0) is 15.2. The summed E-state index contributed by atoms with van der Waals surface area (Å²) in [4.78, 5) is 2.27. The van der Waals surface area contributed by atoms with Gasteiger partial charge in [0.05, 0.1) is 7.11 Å². The van der Waals surface area contributed by atoms with Crippen molar-refractivity contribution in [3.8, 4) is 5.75 Å². The quantitative estimate of drug-likeness (QED) is 0.796. The third-order valence-electron chi connectivity index (χ3n) is 4.08. The maximum atomic E-state index is 14.3. The molecule has 1 unspecified atom stereocenters. The second-order valence-corrected chi connectivity index (χ2v) is 5.41. The summed E-state index contributed by atoms with van der Waals surface area (Å²) in [5.74, 6) is 0.0245. The number of hydrogen-bond donors (Lipinski definition) is 1. The number of rotatable bonds is 8. The van der Waals surface area contributed by atoms with Gasteiger partial charge in [-0.2, -0.15) is 0 Å². The van der Waals surface area contributed by atoms with E-state index in [1.165, 1.54) is 7.11 Å². The molecule has 1 atom stereocenters. The van der Waals surface area contributed by atoms with Gasteiger partial charge < -0.3 is 10.5 Å². The van der Waals surface area contributed by atoms with Crippen LogP contribution in [-0.2, 0) is 6.54 Å². The molecule has 20 heavy (non-hydrogen) atoms. The van der Waals surface area contributed by atoms with Crippen molar-refractivity contribution in [3.05, 3.63) is 29.6 Å². The lowest BCUT2D eigenvalue weighted by Gasteiger charge is -2.40. The summed E-state index contributed by atoms with van der Waals surface area (Å²) in [6.45, 7) is 8.41. The standard InChI is InChI=1S/C16H27FN2O/c1-5-10-19(16(3,6-2)12-18)11-13-8-7-9-14(20-4)15(13)17/h7-9H,5-6,10-12,18H2,1-4H3. The van der Waals surface area contributed by atoms with E-state index in [9.17, 15) is 4.39 Å². The van der Waals surface area contributed by atoms with Gasteiger partial charge in [-0.1, -0.05) is 26.0 Å². The summed E-state index contributed by atoms with van der Waals surface area (Å²) < 4.78 is 19.3. The highest BCUT2D eigenvalue weighted by atomic mass is 19.1. The molecule has 0 saturated heterocycles. The van der Waals surface area contributed by atoms with E-state index in [-0.39, 0.29) is 11.4 Å². The fraction of sp³-hybridized carbons (Fsp3) is 0.625. The molecule has 1 aromatic carbocycles. The van der Waals surface area contributed by atoms with Gasteiger partial charge >= 0.3 is 0 Å². The molecule has 1 aromatic rings. The van der Waals surface area contributed by atoms with Gasteiger partial charge in [0.15, 0.2) is 11.6 Å². The predicted octanol–water partition coefficient (Wildman–Crippen LogP) is 3.17. The van der Waals surface area contributed by atoms with E-state index in [1.807, 2.05) is 12.1 Å². The molecule has 2 N–H and O–H groups in total. The highest BCUT2D eigenvalue weighted by molar-refractivity contribution is 5.31. The van der Waals surface area contributed by atoms with Crippen LogP contribution >= 0.6 is 0 Å². The van der Waals surface area contributed by atoms with Crippen LogP contribution in [0.5, 0.6) is 5.75 Å². The monoisotopic (exact) mass is 282 g/mol. The molecule has 3 nitrogen and oxygen atoms in total. The minimum Gasteiger partial charge on any atom is -0.494 e. The topological polar surface area (TPSA) is 38.5 Å². The Morgan fingerprint density at radius 2 is 2.05 bits per heavy atom. The molecule has 0 aromatic heterocycles. The third kappa shape index (κ3) is 3.70. The zero-order valence-electron chi connectivity index (χ0n) is 13.1. The third-order valence-corrected chi connectivity index (χ3v) is 4.08. The molecule has 4 heteroatoms. The van der Waals surface area contributed by atoms with Gasteiger partial charge in [0.1, 0.15) is 0 Å². The first-order valence-electron chi connectivity index (χ1n) is 7.28. The molecule has 0 aliphatic carbocycles. The van der Waals surface area contributed by atoms with E-state index in [0.29, 0.717) is 24.4 Å². The second kappa shape index (κ2) is 7.60. The molecule has 0 aliphatic rings. The highest BCUT2D eigenvalue weighted by Crippen LogP contribution is 2.25. The first-order valence-corrected chi connectivity index (χ1v) is 7.28. The van der Waals surface area contributed by atoms with Gasteiger partial charge in [-0.15, -0.1) is 0 Å². The van der Waals surface area contributed by atoms with Crippen molar-refractivity contribution in [2.75, 3.05) is 20.2 Å². The minimum atomic E-state index is -0.272. The van der Waals surface area contributed by atoms with E-state index < -0.39 is 0 Å². The number of hydrogen-bond acceptors (Lipinski definition) is 3. The van der Waals surface area contributed by atoms with Crippen LogP contribution in [0, 0.1) is 5.82 Å². The van der Waals surface area contributed by atoms with Crippen LogP contribution in [0.15, 0.2) is 18.2 Å². The van der Waals surface area contributed by atoms with Crippen molar-refractivity contribution in [1.29, 1.82) is 0 Å². The number of benzene rings is 1. The molecule has 0 saturated carbocycles. The molecule has 0 heterocycles. The van der Waals surface area contributed by atoms with E-state index in [1.54, 1.807) is 6.07 Å². The van der Waals surface area contributed by atoms with E-state index in [0.717, 1.165) is 19.4 Å². The van der Waals surface area contributed by atoms with Gasteiger partial charge in [0.2, 0.25) is 0 Å². The normalized spacial score (nSPS) is 14.3. The molecule has 0 bridgehead atoms. The lowest BCUT2D eigenvalue weighted by atomic mass is 9.95. The van der Waals surface area contributed by atoms with Crippen LogP contribution in [0.3, 0.4) is 0 Å². The highest BCUT2D eigenvalue weighted by Gasteiger charge is 2.28. The van der Waals surface area contributed by atoms with E-state index >= 15 is 0 Å². The Bertz CT molecular complexity index is 419. The first-order chi connectivity index (χ1) is 9.52. The second-order valence-electron chi connectivity index (χ2n) is 5.41. The molecule has 1 rings (SSSR count). The minimum absolute atomic E-state index is 0.106. The zero-order valence-corrected chi connectivity index (χ0v) is 13.1. The van der Waals surface area contributed by atoms with Crippen LogP contribution in [-0.4, -0.2) is 30.6 Å². The Morgan fingerprint density at radius 1 is 1.35 bits per heavy atom. The summed E-state index contributed by atoms with van der Waals surface area (Å²) in [5.41, 5.74) is 6.49. The van der Waals surface area contributed by atoms with Gasteiger partial charge in [0, 0.05) is 24.2 Å². The summed E-state index contributed by atoms with van der Waals surface area (Å²) in [6.07, 6.45) is 1.95. The number of ether oxygens (including phenoxy) is 1. The maximum Gasteiger partial charge on any atom is 0.169 e. The van der Waals surface area contributed by atoms with Crippen LogP contribution in [0.1, 0.15) is 39.2 Å². The molecule has 0 fully saturated rings.